The van der Waals surface area contributed by atoms with Crippen molar-refractivity contribution in [3.05, 3.63) is 0 Å². The molecule has 0 spiro atoms. The summed E-state index contributed by atoms with van der Waals surface area (Å²) in [7, 11) is 0. The third-order valence-electron chi connectivity index (χ3n) is 3.76. The summed E-state index contributed by atoms with van der Waals surface area (Å²) in [6.07, 6.45) is 14.9. The number of hydrogen-bond acceptors (Lipinski definition) is 4. The first kappa shape index (κ1) is 28.0. The molecule has 0 bridgehead atoms. The third kappa shape index (κ3) is 27.3. The van der Waals surface area contributed by atoms with E-state index in [0.717, 1.165) is 38.5 Å². The molecule has 23 heavy (non-hydrogen) atoms. The van der Waals surface area contributed by atoms with Crippen LogP contribution in [0.3, 0.4) is 0 Å². The first-order chi connectivity index (χ1) is 10.1. The van der Waals surface area contributed by atoms with E-state index in [2.05, 4.69) is 0 Å². The Balaban J connectivity index is -0.00000200. The fourth-order valence-corrected chi connectivity index (χ4v) is 2.48. The fraction of sp³-hybridized carbons (Fsp3) is 0.882. The van der Waals surface area contributed by atoms with Gasteiger partial charge in [-0.15, -0.1) is 0 Å². The van der Waals surface area contributed by atoms with Crippen molar-refractivity contribution in [2.75, 3.05) is 0 Å². The number of carbonyl (C=O) groups is 2. The first-order valence-electron chi connectivity index (χ1n) is 8.52. The Kier molecular flexibility index (Phi) is 26.9. The standard InChI is InChI=1S/C17H32O4.2Li/c18-16(19)14-12-10-8-6-4-2-1-3-5-7-9-11-13-15-17(20)21;;/h1-15H2,(H,18,19)(H,20,21);;/q;2*+1/p-2. The largest absolute Gasteiger partial charge is 1.00 e. The van der Waals surface area contributed by atoms with Gasteiger partial charge in [0.1, 0.15) is 0 Å². The fourth-order valence-electron chi connectivity index (χ4n) is 2.48. The zero-order chi connectivity index (χ0) is 15.8. The van der Waals surface area contributed by atoms with Crippen molar-refractivity contribution in [3.63, 3.8) is 0 Å². The van der Waals surface area contributed by atoms with Gasteiger partial charge in [-0.25, -0.2) is 0 Å². The number of carbonyl (C=O) groups excluding carboxylic acids is 2. The summed E-state index contributed by atoms with van der Waals surface area (Å²) in [5, 5.41) is 20.4. The molecule has 0 atom stereocenters. The Bertz CT molecular complexity index is 247. The van der Waals surface area contributed by atoms with Crippen molar-refractivity contribution in [1.29, 1.82) is 0 Å². The van der Waals surface area contributed by atoms with Crippen LogP contribution in [0.2, 0.25) is 0 Å². The topological polar surface area (TPSA) is 80.3 Å². The molecule has 0 aromatic heterocycles. The van der Waals surface area contributed by atoms with Crippen molar-refractivity contribution in [2.45, 2.75) is 96.3 Å². The predicted octanol–water partition coefficient (Wildman–Crippen LogP) is -3.65. The SMILES string of the molecule is O=C([O-])CCCCCCCCCCCCCCCC(=O)[O-].[Li+].[Li+]. The van der Waals surface area contributed by atoms with Gasteiger partial charge in [0.2, 0.25) is 0 Å². The van der Waals surface area contributed by atoms with Crippen LogP contribution in [0.5, 0.6) is 0 Å². The minimum atomic E-state index is -0.936. The molecule has 0 aromatic carbocycles. The van der Waals surface area contributed by atoms with Gasteiger partial charge in [-0.1, -0.05) is 70.6 Å². The Morgan fingerprint density at radius 3 is 0.783 bits per heavy atom. The van der Waals surface area contributed by atoms with Crippen LogP contribution in [0.25, 0.3) is 0 Å². The van der Waals surface area contributed by atoms with E-state index in [1.165, 1.54) is 44.9 Å². The van der Waals surface area contributed by atoms with Crippen molar-refractivity contribution >= 4 is 11.9 Å². The molecular weight excluding hydrogens is 282 g/mol. The summed E-state index contributed by atoms with van der Waals surface area (Å²) in [6.45, 7) is 0. The van der Waals surface area contributed by atoms with E-state index in [9.17, 15) is 19.8 Å². The Labute approximate surface area is 165 Å². The molecule has 6 heteroatoms. The molecule has 0 aliphatic carbocycles. The normalized spacial score (nSPS) is 9.74. The summed E-state index contributed by atoms with van der Waals surface area (Å²) in [5.74, 6) is -1.87. The summed E-state index contributed by atoms with van der Waals surface area (Å²) < 4.78 is 0. The van der Waals surface area contributed by atoms with Gasteiger partial charge in [0.05, 0.1) is 0 Å². The van der Waals surface area contributed by atoms with Crippen LogP contribution in [0.1, 0.15) is 96.3 Å². The average molecular weight is 312 g/mol. The van der Waals surface area contributed by atoms with Gasteiger partial charge in [0, 0.05) is 11.9 Å². The smallest absolute Gasteiger partial charge is 0.550 e. The number of hydrogen-bond donors (Lipinski definition) is 0. The second-order valence-corrected chi connectivity index (χ2v) is 5.84. The minimum absolute atomic E-state index is 0. The van der Waals surface area contributed by atoms with Crippen LogP contribution < -0.4 is 47.9 Å². The number of rotatable bonds is 16. The van der Waals surface area contributed by atoms with Gasteiger partial charge in [-0.3, -0.25) is 0 Å². The number of carboxylic acid groups (broad SMARTS) is 2. The molecule has 124 valence electrons. The number of unbranched alkanes of at least 4 members (excludes halogenated alkanes) is 12. The maximum atomic E-state index is 10.2. The molecular formula is C17H30Li2O4. The van der Waals surface area contributed by atoms with Crippen molar-refractivity contribution in [2.24, 2.45) is 0 Å². The van der Waals surface area contributed by atoms with E-state index >= 15 is 0 Å². The van der Waals surface area contributed by atoms with Crippen LogP contribution >= 0.6 is 0 Å². The monoisotopic (exact) mass is 312 g/mol. The number of carboxylic acids is 2. The Morgan fingerprint density at radius 2 is 0.609 bits per heavy atom. The van der Waals surface area contributed by atoms with Crippen LogP contribution in [0, 0.1) is 0 Å². The van der Waals surface area contributed by atoms with E-state index in [1.54, 1.807) is 0 Å². The second kappa shape index (κ2) is 22.1. The summed E-state index contributed by atoms with van der Waals surface area (Å²) >= 11 is 0. The quantitative estimate of drug-likeness (QED) is 0.217. The van der Waals surface area contributed by atoms with E-state index in [4.69, 9.17) is 0 Å². The molecule has 0 aromatic rings. The van der Waals surface area contributed by atoms with E-state index in [1.807, 2.05) is 0 Å². The van der Waals surface area contributed by atoms with E-state index < -0.39 is 11.9 Å². The minimum Gasteiger partial charge on any atom is -0.550 e. The van der Waals surface area contributed by atoms with Crippen molar-refractivity contribution in [3.8, 4) is 0 Å². The van der Waals surface area contributed by atoms with Crippen LogP contribution in [0.15, 0.2) is 0 Å². The maximum absolute atomic E-state index is 10.2. The Morgan fingerprint density at radius 1 is 0.435 bits per heavy atom. The van der Waals surface area contributed by atoms with Crippen molar-refractivity contribution in [1.82, 2.24) is 0 Å². The van der Waals surface area contributed by atoms with Crippen LogP contribution in [0.4, 0.5) is 0 Å². The van der Waals surface area contributed by atoms with Gasteiger partial charge in [-0.2, -0.15) is 0 Å². The molecule has 0 fully saturated rings. The number of aliphatic carboxylic acids is 2. The molecule has 0 saturated carbocycles. The first-order valence-corrected chi connectivity index (χ1v) is 8.52. The molecule has 0 aliphatic rings. The summed E-state index contributed by atoms with van der Waals surface area (Å²) in [5.41, 5.74) is 0. The zero-order valence-corrected chi connectivity index (χ0v) is 15.2. The molecule has 0 N–H and O–H groups in total. The molecule has 0 amide bonds. The molecule has 0 aliphatic heterocycles. The molecule has 0 saturated heterocycles. The summed E-state index contributed by atoms with van der Waals surface area (Å²) in [6, 6.07) is 0. The van der Waals surface area contributed by atoms with Gasteiger partial charge < -0.3 is 19.8 Å². The maximum Gasteiger partial charge on any atom is 1.00 e. The van der Waals surface area contributed by atoms with Crippen molar-refractivity contribution < 1.29 is 57.5 Å². The summed E-state index contributed by atoms with van der Waals surface area (Å²) in [4.78, 5) is 20.4. The second-order valence-electron chi connectivity index (χ2n) is 5.84. The van der Waals surface area contributed by atoms with Gasteiger partial charge in [-0.05, 0) is 25.7 Å². The Hall–Kier alpha value is 0.135. The van der Waals surface area contributed by atoms with Crippen LogP contribution in [-0.2, 0) is 9.59 Å². The van der Waals surface area contributed by atoms with Gasteiger partial charge in [0.15, 0.2) is 0 Å². The molecule has 0 heterocycles. The molecule has 0 unspecified atom stereocenters. The molecule has 0 radical (unpaired) electrons. The average Bonchev–Trinajstić information content (AvgIpc) is 2.42. The third-order valence-corrected chi connectivity index (χ3v) is 3.76. The van der Waals surface area contributed by atoms with Crippen LogP contribution in [-0.4, -0.2) is 11.9 Å². The van der Waals surface area contributed by atoms with E-state index in [0.29, 0.717) is 0 Å². The predicted molar refractivity (Wildman–Crippen MR) is 79.3 cm³/mol. The zero-order valence-electron chi connectivity index (χ0n) is 15.2. The van der Waals surface area contributed by atoms with Gasteiger partial charge in [0.25, 0.3) is 0 Å². The molecule has 0 rings (SSSR count). The van der Waals surface area contributed by atoms with Gasteiger partial charge >= 0.3 is 37.7 Å². The molecule has 4 nitrogen and oxygen atoms in total. The van der Waals surface area contributed by atoms with E-state index in [-0.39, 0.29) is 50.6 Å².